The zero-order valence-corrected chi connectivity index (χ0v) is 13.2. The summed E-state index contributed by atoms with van der Waals surface area (Å²) in [4.78, 5) is 0. The molecule has 0 saturated carbocycles. The van der Waals surface area contributed by atoms with Crippen molar-refractivity contribution in [3.63, 3.8) is 0 Å². The number of ether oxygens (including phenoxy) is 1. The first kappa shape index (κ1) is 16.0. The van der Waals surface area contributed by atoms with Crippen LogP contribution >= 0.6 is 12.4 Å². The van der Waals surface area contributed by atoms with Crippen LogP contribution in [0.1, 0.15) is 23.1 Å². The Balaban J connectivity index is 0.00000161. The van der Waals surface area contributed by atoms with Gasteiger partial charge in [0.25, 0.3) is 0 Å². The molecule has 3 heteroatoms. The number of hydrogen-bond acceptors (Lipinski definition) is 2. The monoisotopic (exact) mass is 303 g/mol. The highest BCUT2D eigenvalue weighted by Gasteiger charge is 2.38. The Bertz CT molecular complexity index is 572. The van der Waals surface area contributed by atoms with Crippen LogP contribution in [0.25, 0.3) is 0 Å². The molecule has 0 saturated heterocycles. The molecule has 1 aliphatic heterocycles. The Morgan fingerprint density at radius 1 is 1.05 bits per heavy atom. The number of nitrogens with one attached hydrogen (secondary N) is 1. The Kier molecular flexibility index (Phi) is 5.40. The topological polar surface area (TPSA) is 21.3 Å². The van der Waals surface area contributed by atoms with Crippen molar-refractivity contribution < 1.29 is 4.74 Å². The minimum absolute atomic E-state index is 0. The lowest BCUT2D eigenvalue weighted by atomic mass is 9.78. The lowest BCUT2D eigenvalue weighted by molar-refractivity contribution is -0.0339. The molecule has 1 unspecified atom stereocenters. The maximum atomic E-state index is 6.34. The second-order valence-corrected chi connectivity index (χ2v) is 5.30. The fourth-order valence-corrected chi connectivity index (χ4v) is 3.14. The van der Waals surface area contributed by atoms with Crippen molar-refractivity contribution in [2.45, 2.75) is 18.4 Å². The van der Waals surface area contributed by atoms with Gasteiger partial charge in [-0.25, -0.2) is 0 Å². The normalized spacial score (nSPS) is 20.4. The standard InChI is InChI=1S/C18H21NO.ClH/c1-19-13-12-18(16-8-3-2-4-9-16)17-10-6-5-7-15(17)11-14-20-18;/h2-10,19H,11-14H2,1H3;1H. The maximum Gasteiger partial charge on any atom is 0.120 e. The van der Waals surface area contributed by atoms with Crippen LogP contribution in [0.3, 0.4) is 0 Å². The van der Waals surface area contributed by atoms with Crippen LogP contribution < -0.4 is 5.32 Å². The van der Waals surface area contributed by atoms with Gasteiger partial charge in [0.1, 0.15) is 5.60 Å². The third-order valence-electron chi connectivity index (χ3n) is 4.14. The minimum atomic E-state index is -0.306. The molecule has 1 heterocycles. The van der Waals surface area contributed by atoms with Crippen LogP contribution in [-0.4, -0.2) is 20.2 Å². The molecule has 1 N–H and O–H groups in total. The summed E-state index contributed by atoms with van der Waals surface area (Å²) in [7, 11) is 1.99. The van der Waals surface area contributed by atoms with Gasteiger partial charge in [0.2, 0.25) is 0 Å². The fraction of sp³-hybridized carbons (Fsp3) is 0.333. The summed E-state index contributed by atoms with van der Waals surface area (Å²) in [5.74, 6) is 0. The van der Waals surface area contributed by atoms with E-state index in [0.29, 0.717) is 0 Å². The largest absolute Gasteiger partial charge is 0.365 e. The van der Waals surface area contributed by atoms with Crippen LogP contribution in [-0.2, 0) is 16.8 Å². The first-order valence-corrected chi connectivity index (χ1v) is 7.29. The van der Waals surface area contributed by atoms with Crippen LogP contribution in [0.4, 0.5) is 0 Å². The molecule has 1 atom stereocenters. The summed E-state index contributed by atoms with van der Waals surface area (Å²) in [6, 6.07) is 19.3. The van der Waals surface area contributed by atoms with Gasteiger partial charge < -0.3 is 10.1 Å². The van der Waals surface area contributed by atoms with Crippen molar-refractivity contribution in [3.8, 4) is 0 Å². The van der Waals surface area contributed by atoms with E-state index in [2.05, 4.69) is 59.9 Å². The van der Waals surface area contributed by atoms with E-state index >= 15 is 0 Å². The average Bonchev–Trinajstić information content (AvgIpc) is 2.54. The molecule has 21 heavy (non-hydrogen) atoms. The van der Waals surface area contributed by atoms with Crippen molar-refractivity contribution in [3.05, 3.63) is 71.3 Å². The minimum Gasteiger partial charge on any atom is -0.365 e. The van der Waals surface area contributed by atoms with Crippen molar-refractivity contribution >= 4 is 12.4 Å². The van der Waals surface area contributed by atoms with Gasteiger partial charge in [-0.15, -0.1) is 12.4 Å². The molecule has 0 spiro atoms. The molecular weight excluding hydrogens is 282 g/mol. The lowest BCUT2D eigenvalue weighted by Gasteiger charge is -2.40. The summed E-state index contributed by atoms with van der Waals surface area (Å²) in [6.07, 6.45) is 1.95. The molecule has 0 radical (unpaired) electrons. The lowest BCUT2D eigenvalue weighted by Crippen LogP contribution is -2.39. The summed E-state index contributed by atoms with van der Waals surface area (Å²) < 4.78 is 6.34. The van der Waals surface area contributed by atoms with Gasteiger partial charge in [-0.3, -0.25) is 0 Å². The second-order valence-electron chi connectivity index (χ2n) is 5.30. The predicted octanol–water partition coefficient (Wildman–Crippen LogP) is 3.53. The van der Waals surface area contributed by atoms with E-state index in [0.717, 1.165) is 26.0 Å². The Morgan fingerprint density at radius 2 is 1.76 bits per heavy atom. The maximum absolute atomic E-state index is 6.34. The first-order chi connectivity index (χ1) is 9.87. The van der Waals surface area contributed by atoms with Gasteiger partial charge >= 0.3 is 0 Å². The highest BCUT2D eigenvalue weighted by atomic mass is 35.5. The number of hydrogen-bond donors (Lipinski definition) is 1. The molecule has 2 aromatic rings. The summed E-state index contributed by atoms with van der Waals surface area (Å²) in [5, 5.41) is 3.26. The summed E-state index contributed by atoms with van der Waals surface area (Å²) >= 11 is 0. The Labute approximate surface area is 132 Å². The van der Waals surface area contributed by atoms with Crippen LogP contribution in [0.2, 0.25) is 0 Å². The molecule has 1 aliphatic rings. The summed E-state index contributed by atoms with van der Waals surface area (Å²) in [6.45, 7) is 1.72. The Morgan fingerprint density at radius 3 is 2.52 bits per heavy atom. The summed E-state index contributed by atoms with van der Waals surface area (Å²) in [5.41, 5.74) is 3.69. The second kappa shape index (κ2) is 7.08. The number of benzene rings is 2. The van der Waals surface area contributed by atoms with Gasteiger partial charge in [-0.2, -0.15) is 0 Å². The van der Waals surface area contributed by atoms with E-state index in [1.807, 2.05) is 7.05 Å². The smallest absolute Gasteiger partial charge is 0.120 e. The molecule has 0 amide bonds. The van der Waals surface area contributed by atoms with Gasteiger partial charge in [0.05, 0.1) is 6.61 Å². The van der Waals surface area contributed by atoms with Gasteiger partial charge in [0, 0.05) is 0 Å². The molecule has 3 rings (SSSR count). The van der Waals surface area contributed by atoms with Crippen LogP contribution in [0.5, 0.6) is 0 Å². The number of rotatable bonds is 4. The molecular formula is C18H22ClNO. The zero-order valence-electron chi connectivity index (χ0n) is 12.3. The SMILES string of the molecule is CNCCC1(c2ccccc2)OCCc2ccccc21.Cl. The highest BCUT2D eigenvalue weighted by molar-refractivity contribution is 5.85. The third kappa shape index (κ3) is 2.98. The van der Waals surface area contributed by atoms with E-state index < -0.39 is 0 Å². The Hall–Kier alpha value is -1.35. The van der Waals surface area contributed by atoms with Gasteiger partial charge in [-0.1, -0.05) is 54.6 Å². The fourth-order valence-electron chi connectivity index (χ4n) is 3.14. The van der Waals surface area contributed by atoms with E-state index in [1.165, 1.54) is 16.7 Å². The third-order valence-corrected chi connectivity index (χ3v) is 4.14. The highest BCUT2D eigenvalue weighted by Crippen LogP contribution is 2.41. The van der Waals surface area contributed by atoms with Crippen molar-refractivity contribution in [1.82, 2.24) is 5.32 Å². The van der Waals surface area contributed by atoms with E-state index in [1.54, 1.807) is 0 Å². The molecule has 0 aliphatic carbocycles. The zero-order chi connectivity index (χ0) is 13.8. The van der Waals surface area contributed by atoms with Crippen LogP contribution in [0.15, 0.2) is 54.6 Å². The van der Waals surface area contributed by atoms with E-state index in [-0.39, 0.29) is 18.0 Å². The number of halogens is 1. The number of fused-ring (bicyclic) bond motifs is 1. The van der Waals surface area contributed by atoms with Crippen molar-refractivity contribution in [2.75, 3.05) is 20.2 Å². The quantitative estimate of drug-likeness (QED) is 0.933. The van der Waals surface area contributed by atoms with Crippen molar-refractivity contribution in [2.24, 2.45) is 0 Å². The molecule has 2 aromatic carbocycles. The molecule has 0 bridgehead atoms. The first-order valence-electron chi connectivity index (χ1n) is 7.29. The molecule has 112 valence electrons. The molecule has 0 fully saturated rings. The molecule has 0 aromatic heterocycles. The predicted molar refractivity (Wildman–Crippen MR) is 89.1 cm³/mol. The van der Waals surface area contributed by atoms with Crippen molar-refractivity contribution in [1.29, 1.82) is 0 Å². The van der Waals surface area contributed by atoms with Gasteiger partial charge in [-0.05, 0) is 43.1 Å². The van der Waals surface area contributed by atoms with E-state index in [9.17, 15) is 0 Å². The van der Waals surface area contributed by atoms with E-state index in [4.69, 9.17) is 4.74 Å². The molecule has 2 nitrogen and oxygen atoms in total. The van der Waals surface area contributed by atoms with Gasteiger partial charge in [0.15, 0.2) is 0 Å². The van der Waals surface area contributed by atoms with Crippen LogP contribution in [0, 0.1) is 0 Å². The average molecular weight is 304 g/mol.